The minimum absolute atomic E-state index is 0.00411. The molecular formula is C15H19BrN2O4. The molecular weight excluding hydrogens is 352 g/mol. The number of hydrogen-bond acceptors (Lipinski definition) is 4. The minimum atomic E-state index is -0.319. The third-order valence-corrected chi connectivity index (χ3v) is 3.81. The molecule has 6 nitrogen and oxygen atoms in total. The molecule has 1 aliphatic heterocycles. The fraction of sp³-hybridized carbons (Fsp3) is 0.467. The summed E-state index contributed by atoms with van der Waals surface area (Å²) in [4.78, 5) is 27.0. The van der Waals surface area contributed by atoms with Gasteiger partial charge in [0.2, 0.25) is 0 Å². The van der Waals surface area contributed by atoms with Gasteiger partial charge in [-0.25, -0.2) is 4.79 Å². The van der Waals surface area contributed by atoms with Gasteiger partial charge in [0.05, 0.1) is 6.61 Å². The lowest BCUT2D eigenvalue weighted by molar-refractivity contribution is -0.134. The van der Waals surface area contributed by atoms with Gasteiger partial charge in [-0.05, 0) is 25.1 Å². The number of carbonyl (C=O) groups is 2. The predicted octanol–water partition coefficient (Wildman–Crippen LogP) is 2.13. The second kappa shape index (κ2) is 8.03. The number of benzene rings is 1. The van der Waals surface area contributed by atoms with Crippen molar-refractivity contribution in [2.75, 3.05) is 39.4 Å². The molecule has 1 saturated heterocycles. The zero-order valence-corrected chi connectivity index (χ0v) is 14.0. The van der Waals surface area contributed by atoms with Crippen LogP contribution in [0.25, 0.3) is 0 Å². The maximum atomic E-state index is 12.1. The van der Waals surface area contributed by atoms with Gasteiger partial charge in [-0.1, -0.05) is 22.0 Å². The minimum Gasteiger partial charge on any atom is -0.484 e. The number of halogens is 1. The fourth-order valence-corrected chi connectivity index (χ4v) is 2.52. The van der Waals surface area contributed by atoms with Gasteiger partial charge in [0.1, 0.15) is 5.75 Å². The zero-order valence-electron chi connectivity index (χ0n) is 12.5. The van der Waals surface area contributed by atoms with E-state index in [0.717, 1.165) is 4.47 Å². The Morgan fingerprint density at radius 2 is 1.86 bits per heavy atom. The zero-order chi connectivity index (χ0) is 15.9. The summed E-state index contributed by atoms with van der Waals surface area (Å²) < 4.78 is 11.3. The summed E-state index contributed by atoms with van der Waals surface area (Å²) in [6.07, 6.45) is -0.319. The number of rotatable bonds is 4. The highest BCUT2D eigenvalue weighted by molar-refractivity contribution is 9.10. The van der Waals surface area contributed by atoms with Crippen molar-refractivity contribution in [1.29, 1.82) is 0 Å². The van der Waals surface area contributed by atoms with Gasteiger partial charge >= 0.3 is 6.09 Å². The van der Waals surface area contributed by atoms with Crippen molar-refractivity contribution in [3.05, 3.63) is 28.7 Å². The van der Waals surface area contributed by atoms with E-state index in [2.05, 4.69) is 15.9 Å². The van der Waals surface area contributed by atoms with Crippen molar-refractivity contribution in [2.24, 2.45) is 0 Å². The molecule has 1 heterocycles. The summed E-state index contributed by atoms with van der Waals surface area (Å²) in [6, 6.07) is 7.36. The lowest BCUT2D eigenvalue weighted by atomic mass is 10.3. The highest BCUT2D eigenvalue weighted by Crippen LogP contribution is 2.17. The second-order valence-electron chi connectivity index (χ2n) is 4.81. The second-order valence-corrected chi connectivity index (χ2v) is 5.73. The van der Waals surface area contributed by atoms with Crippen LogP contribution in [0.3, 0.4) is 0 Å². The third kappa shape index (κ3) is 4.62. The van der Waals surface area contributed by atoms with Crippen molar-refractivity contribution < 1.29 is 19.1 Å². The largest absolute Gasteiger partial charge is 0.484 e. The van der Waals surface area contributed by atoms with Crippen LogP contribution in [-0.2, 0) is 9.53 Å². The van der Waals surface area contributed by atoms with Crippen LogP contribution >= 0.6 is 15.9 Å². The first-order valence-corrected chi connectivity index (χ1v) is 7.97. The van der Waals surface area contributed by atoms with Gasteiger partial charge in [-0.3, -0.25) is 4.79 Å². The molecule has 0 N–H and O–H groups in total. The summed E-state index contributed by atoms with van der Waals surface area (Å²) in [5, 5.41) is 0. The molecule has 2 amide bonds. The SMILES string of the molecule is CCOC(=O)N1CCN(C(=O)COc2cccc(Br)c2)CC1. The number of nitrogens with zero attached hydrogens (tertiary/aromatic N) is 2. The van der Waals surface area contributed by atoms with Crippen LogP contribution in [0.5, 0.6) is 5.75 Å². The average Bonchev–Trinajstić information content (AvgIpc) is 2.53. The molecule has 0 bridgehead atoms. The van der Waals surface area contributed by atoms with E-state index in [-0.39, 0.29) is 18.6 Å². The van der Waals surface area contributed by atoms with Crippen molar-refractivity contribution >= 4 is 27.9 Å². The molecule has 22 heavy (non-hydrogen) atoms. The smallest absolute Gasteiger partial charge is 0.409 e. The van der Waals surface area contributed by atoms with E-state index in [1.165, 1.54) is 0 Å². The molecule has 0 saturated carbocycles. The summed E-state index contributed by atoms with van der Waals surface area (Å²) in [5.41, 5.74) is 0. The topological polar surface area (TPSA) is 59.1 Å². The number of amides is 2. The quantitative estimate of drug-likeness (QED) is 0.814. The van der Waals surface area contributed by atoms with Gasteiger partial charge in [0.15, 0.2) is 6.61 Å². The first-order valence-electron chi connectivity index (χ1n) is 7.18. The van der Waals surface area contributed by atoms with E-state index >= 15 is 0 Å². The molecule has 0 spiro atoms. The fourth-order valence-electron chi connectivity index (χ4n) is 2.15. The summed E-state index contributed by atoms with van der Waals surface area (Å²) in [7, 11) is 0. The molecule has 1 aromatic rings. The van der Waals surface area contributed by atoms with Crippen molar-refractivity contribution in [3.63, 3.8) is 0 Å². The normalized spacial score (nSPS) is 14.6. The molecule has 7 heteroatoms. The van der Waals surface area contributed by atoms with Gasteiger partial charge in [-0.15, -0.1) is 0 Å². The highest BCUT2D eigenvalue weighted by atomic mass is 79.9. The Balaban J connectivity index is 1.76. The first-order chi connectivity index (χ1) is 10.6. The summed E-state index contributed by atoms with van der Waals surface area (Å²) in [5.74, 6) is 0.566. The predicted molar refractivity (Wildman–Crippen MR) is 84.8 cm³/mol. The monoisotopic (exact) mass is 370 g/mol. The standard InChI is InChI=1S/C15H19BrN2O4/c1-2-21-15(20)18-8-6-17(7-9-18)14(19)11-22-13-5-3-4-12(16)10-13/h3-5,10H,2,6-9,11H2,1H3. The van der Waals surface area contributed by atoms with Crippen molar-refractivity contribution in [3.8, 4) is 5.75 Å². The Bertz CT molecular complexity index is 530. The summed E-state index contributed by atoms with van der Waals surface area (Å²) >= 11 is 3.35. The van der Waals surface area contributed by atoms with Crippen LogP contribution in [0.1, 0.15) is 6.92 Å². The molecule has 0 aliphatic carbocycles. The Morgan fingerprint density at radius 1 is 1.18 bits per heavy atom. The van der Waals surface area contributed by atoms with Crippen LogP contribution in [0.4, 0.5) is 4.79 Å². The van der Waals surface area contributed by atoms with E-state index in [1.54, 1.807) is 22.8 Å². The lowest BCUT2D eigenvalue weighted by Crippen LogP contribution is -2.51. The van der Waals surface area contributed by atoms with E-state index in [4.69, 9.17) is 9.47 Å². The van der Waals surface area contributed by atoms with Gasteiger partial charge < -0.3 is 19.3 Å². The number of carbonyl (C=O) groups excluding carboxylic acids is 2. The molecule has 120 valence electrons. The van der Waals surface area contributed by atoms with Gasteiger partial charge in [-0.2, -0.15) is 0 Å². The van der Waals surface area contributed by atoms with Crippen LogP contribution in [0.2, 0.25) is 0 Å². The average molecular weight is 371 g/mol. The molecule has 0 aromatic heterocycles. The van der Waals surface area contributed by atoms with E-state index in [9.17, 15) is 9.59 Å². The molecule has 0 radical (unpaired) electrons. The van der Waals surface area contributed by atoms with Gasteiger partial charge in [0.25, 0.3) is 5.91 Å². The Hall–Kier alpha value is -1.76. The van der Waals surface area contributed by atoms with Crippen LogP contribution in [0.15, 0.2) is 28.7 Å². The van der Waals surface area contributed by atoms with E-state index < -0.39 is 0 Å². The highest BCUT2D eigenvalue weighted by Gasteiger charge is 2.24. The number of hydrogen-bond donors (Lipinski definition) is 0. The Morgan fingerprint density at radius 3 is 2.50 bits per heavy atom. The van der Waals surface area contributed by atoms with Crippen LogP contribution < -0.4 is 4.74 Å². The van der Waals surface area contributed by atoms with Crippen LogP contribution in [0, 0.1) is 0 Å². The number of piperazine rings is 1. The molecule has 0 unspecified atom stereocenters. The van der Waals surface area contributed by atoms with Crippen LogP contribution in [-0.4, -0.2) is 61.2 Å². The Labute approximate surface area is 138 Å². The van der Waals surface area contributed by atoms with Gasteiger partial charge in [0, 0.05) is 30.7 Å². The molecule has 0 atom stereocenters. The van der Waals surface area contributed by atoms with Crippen molar-refractivity contribution in [1.82, 2.24) is 9.80 Å². The lowest BCUT2D eigenvalue weighted by Gasteiger charge is -2.33. The Kier molecular flexibility index (Phi) is 6.06. The van der Waals surface area contributed by atoms with E-state index in [0.29, 0.717) is 38.5 Å². The third-order valence-electron chi connectivity index (χ3n) is 3.32. The number of ether oxygens (including phenoxy) is 2. The van der Waals surface area contributed by atoms with Crippen molar-refractivity contribution in [2.45, 2.75) is 6.92 Å². The molecule has 1 aliphatic rings. The molecule has 1 fully saturated rings. The first kappa shape index (κ1) is 16.6. The summed E-state index contributed by atoms with van der Waals surface area (Å²) in [6.45, 7) is 4.10. The maximum Gasteiger partial charge on any atom is 0.409 e. The maximum absolute atomic E-state index is 12.1. The molecule has 1 aromatic carbocycles. The molecule has 2 rings (SSSR count). The van der Waals surface area contributed by atoms with E-state index in [1.807, 2.05) is 18.2 Å².